The second-order valence-electron chi connectivity index (χ2n) is 6.21. The first-order valence-corrected chi connectivity index (χ1v) is 8.91. The van der Waals surface area contributed by atoms with Gasteiger partial charge in [-0.05, 0) is 62.2 Å². The van der Waals surface area contributed by atoms with Gasteiger partial charge in [-0.3, -0.25) is 4.79 Å². The molecule has 1 aliphatic rings. The highest BCUT2D eigenvalue weighted by molar-refractivity contribution is 5.95. The number of alkyl halides is 3. The maximum absolute atomic E-state index is 13.1. The molecular weight excluding hydrogens is 375 g/mol. The smallest absolute Gasteiger partial charge is 0.416 e. The molecule has 1 amide bonds. The number of halogens is 3. The van der Waals surface area contributed by atoms with Crippen LogP contribution in [0, 0.1) is 0 Å². The van der Waals surface area contributed by atoms with Gasteiger partial charge in [0.05, 0.1) is 17.9 Å². The van der Waals surface area contributed by atoms with E-state index in [1.165, 1.54) is 6.07 Å². The fourth-order valence-corrected chi connectivity index (χ4v) is 2.79. The number of carbonyl (C=O) groups is 1. The van der Waals surface area contributed by atoms with Crippen LogP contribution in [-0.2, 0) is 15.7 Å². The van der Waals surface area contributed by atoms with Gasteiger partial charge < -0.3 is 19.5 Å². The van der Waals surface area contributed by atoms with E-state index in [0.29, 0.717) is 31.1 Å². The zero-order valence-corrected chi connectivity index (χ0v) is 15.2. The molecule has 0 spiro atoms. The Bertz CT molecular complexity index is 815. The van der Waals surface area contributed by atoms with Crippen LogP contribution in [0.4, 0.5) is 18.9 Å². The lowest BCUT2D eigenvalue weighted by Crippen LogP contribution is -2.27. The number of anilines is 1. The van der Waals surface area contributed by atoms with E-state index in [-0.39, 0.29) is 11.4 Å². The molecule has 1 unspecified atom stereocenters. The molecule has 1 N–H and O–H groups in total. The van der Waals surface area contributed by atoms with E-state index in [4.69, 9.17) is 14.2 Å². The van der Waals surface area contributed by atoms with Crippen LogP contribution in [0.2, 0.25) is 0 Å². The summed E-state index contributed by atoms with van der Waals surface area (Å²) in [6, 6.07) is 9.59. The van der Waals surface area contributed by atoms with E-state index in [1.54, 1.807) is 24.3 Å². The minimum absolute atomic E-state index is 0.0655. The molecule has 0 aromatic heterocycles. The maximum atomic E-state index is 13.1. The van der Waals surface area contributed by atoms with Crippen LogP contribution in [0.3, 0.4) is 0 Å². The number of ether oxygens (including phenoxy) is 3. The van der Waals surface area contributed by atoms with Gasteiger partial charge in [-0.15, -0.1) is 0 Å². The normalized spacial score (nSPS) is 16.6. The summed E-state index contributed by atoms with van der Waals surface area (Å²) >= 11 is 0. The fraction of sp³-hybridized carbons (Fsp3) is 0.350. The third kappa shape index (κ3) is 4.95. The zero-order valence-electron chi connectivity index (χ0n) is 15.2. The quantitative estimate of drug-likeness (QED) is 0.747. The number of hydrogen-bond acceptors (Lipinski definition) is 4. The van der Waals surface area contributed by atoms with Crippen molar-refractivity contribution in [3.63, 3.8) is 0 Å². The predicted molar refractivity (Wildman–Crippen MR) is 96.7 cm³/mol. The minimum Gasteiger partial charge on any atom is -0.494 e. The largest absolute Gasteiger partial charge is 0.494 e. The van der Waals surface area contributed by atoms with Crippen molar-refractivity contribution in [1.29, 1.82) is 0 Å². The number of nitrogens with one attached hydrogen (secondary N) is 1. The maximum Gasteiger partial charge on any atom is 0.416 e. The highest BCUT2D eigenvalue weighted by Gasteiger charge is 2.32. The molecule has 0 saturated carbocycles. The molecular formula is C20H20F3NO4. The molecule has 0 bridgehead atoms. The summed E-state index contributed by atoms with van der Waals surface area (Å²) < 4.78 is 55.6. The summed E-state index contributed by atoms with van der Waals surface area (Å²) in [5.41, 5.74) is -0.946. The molecule has 5 nitrogen and oxygen atoms in total. The molecule has 28 heavy (non-hydrogen) atoms. The zero-order chi connectivity index (χ0) is 20.1. The second-order valence-corrected chi connectivity index (χ2v) is 6.21. The topological polar surface area (TPSA) is 56.8 Å². The van der Waals surface area contributed by atoms with E-state index in [0.717, 1.165) is 18.6 Å². The molecule has 0 radical (unpaired) electrons. The lowest BCUT2D eigenvalue weighted by atomic mass is 10.1. The molecule has 1 atom stereocenters. The van der Waals surface area contributed by atoms with Crippen molar-refractivity contribution < 1.29 is 32.2 Å². The molecule has 2 aromatic rings. The molecule has 8 heteroatoms. The van der Waals surface area contributed by atoms with Crippen LogP contribution in [0.1, 0.15) is 25.3 Å². The van der Waals surface area contributed by atoms with E-state index in [9.17, 15) is 18.0 Å². The van der Waals surface area contributed by atoms with Crippen LogP contribution < -0.4 is 14.8 Å². The number of rotatable bonds is 6. The fourth-order valence-electron chi connectivity index (χ4n) is 2.79. The van der Waals surface area contributed by atoms with Crippen molar-refractivity contribution in [2.75, 3.05) is 18.5 Å². The van der Waals surface area contributed by atoms with Crippen LogP contribution in [0.5, 0.6) is 17.2 Å². The van der Waals surface area contributed by atoms with Gasteiger partial charge in [0.1, 0.15) is 17.6 Å². The van der Waals surface area contributed by atoms with Crippen LogP contribution >= 0.6 is 0 Å². The molecule has 1 saturated heterocycles. The monoisotopic (exact) mass is 395 g/mol. The summed E-state index contributed by atoms with van der Waals surface area (Å²) in [5, 5.41) is 2.50. The first kappa shape index (κ1) is 20.0. The molecule has 1 aliphatic heterocycles. The number of amides is 1. The van der Waals surface area contributed by atoms with E-state index < -0.39 is 23.8 Å². The Kier molecular flexibility index (Phi) is 6.08. The third-order valence-corrected chi connectivity index (χ3v) is 4.15. The lowest BCUT2D eigenvalue weighted by Gasteiger charge is -2.17. The van der Waals surface area contributed by atoms with Crippen molar-refractivity contribution in [3.05, 3.63) is 48.0 Å². The Morgan fingerprint density at radius 3 is 2.50 bits per heavy atom. The van der Waals surface area contributed by atoms with Crippen LogP contribution in [-0.4, -0.2) is 25.2 Å². The Balaban J connectivity index is 1.84. The van der Waals surface area contributed by atoms with Crippen molar-refractivity contribution in [2.24, 2.45) is 0 Å². The van der Waals surface area contributed by atoms with Gasteiger partial charge >= 0.3 is 6.18 Å². The number of benzene rings is 2. The Hall–Kier alpha value is -2.74. The minimum atomic E-state index is -4.54. The van der Waals surface area contributed by atoms with Gasteiger partial charge in [0, 0.05) is 6.61 Å². The molecule has 2 aromatic carbocycles. The summed E-state index contributed by atoms with van der Waals surface area (Å²) in [5.74, 6) is 0.655. The third-order valence-electron chi connectivity index (χ3n) is 4.15. The van der Waals surface area contributed by atoms with Gasteiger partial charge in [-0.2, -0.15) is 13.2 Å². The second kappa shape index (κ2) is 8.52. The molecule has 0 aliphatic carbocycles. The molecule has 3 rings (SSSR count). The Labute approximate surface area is 160 Å². The summed E-state index contributed by atoms with van der Waals surface area (Å²) in [6.07, 6.45) is -3.95. The van der Waals surface area contributed by atoms with Gasteiger partial charge in [0.25, 0.3) is 5.91 Å². The molecule has 150 valence electrons. The number of hydrogen-bond donors (Lipinski definition) is 1. The van der Waals surface area contributed by atoms with Crippen molar-refractivity contribution in [2.45, 2.75) is 32.0 Å². The van der Waals surface area contributed by atoms with E-state index in [2.05, 4.69) is 5.32 Å². The SMILES string of the molecule is CCOc1ccc(Oc2ccc(C(F)(F)F)cc2NC(=O)C2CCCO2)cc1. The van der Waals surface area contributed by atoms with Crippen molar-refractivity contribution in [1.82, 2.24) is 0 Å². The molecule has 1 heterocycles. The highest BCUT2D eigenvalue weighted by atomic mass is 19.4. The average molecular weight is 395 g/mol. The number of carbonyl (C=O) groups excluding carboxylic acids is 1. The lowest BCUT2D eigenvalue weighted by molar-refractivity contribution is -0.137. The predicted octanol–water partition coefficient (Wildman–Crippen LogP) is 5.01. The van der Waals surface area contributed by atoms with Crippen LogP contribution in [0.25, 0.3) is 0 Å². The molecule has 1 fully saturated rings. The van der Waals surface area contributed by atoms with Crippen molar-refractivity contribution >= 4 is 11.6 Å². The van der Waals surface area contributed by atoms with Gasteiger partial charge in [0.2, 0.25) is 0 Å². The van der Waals surface area contributed by atoms with Crippen molar-refractivity contribution in [3.8, 4) is 17.2 Å². The summed E-state index contributed by atoms with van der Waals surface area (Å²) in [7, 11) is 0. The van der Waals surface area contributed by atoms with Crippen LogP contribution in [0.15, 0.2) is 42.5 Å². The van der Waals surface area contributed by atoms with Gasteiger partial charge in [-0.1, -0.05) is 0 Å². The first-order valence-electron chi connectivity index (χ1n) is 8.91. The van der Waals surface area contributed by atoms with Gasteiger partial charge in [0.15, 0.2) is 5.75 Å². The van der Waals surface area contributed by atoms with Gasteiger partial charge in [-0.25, -0.2) is 0 Å². The standard InChI is InChI=1S/C20H20F3NO4/c1-2-26-14-6-8-15(9-7-14)28-17-10-5-13(20(21,22)23)12-16(17)24-19(25)18-4-3-11-27-18/h5-10,12,18H,2-4,11H2,1H3,(H,24,25). The van der Waals surface area contributed by atoms with E-state index >= 15 is 0 Å². The summed E-state index contributed by atoms with van der Waals surface area (Å²) in [6.45, 7) is 2.82. The average Bonchev–Trinajstić information content (AvgIpc) is 3.19. The summed E-state index contributed by atoms with van der Waals surface area (Å²) in [4.78, 5) is 12.3. The Morgan fingerprint density at radius 2 is 1.89 bits per heavy atom. The first-order chi connectivity index (χ1) is 13.4. The highest BCUT2D eigenvalue weighted by Crippen LogP contribution is 2.37. The van der Waals surface area contributed by atoms with E-state index in [1.807, 2.05) is 6.92 Å². The Morgan fingerprint density at radius 1 is 1.18 bits per heavy atom.